The van der Waals surface area contributed by atoms with Crippen LogP contribution in [0.3, 0.4) is 0 Å². The van der Waals surface area contributed by atoms with Gasteiger partial charge in [-0.2, -0.15) is 0 Å². The van der Waals surface area contributed by atoms with Gasteiger partial charge in [0.25, 0.3) is 10.0 Å². The molecule has 3 aromatic rings. The molecule has 0 saturated carbocycles. The quantitative estimate of drug-likeness (QED) is 0.423. The molecule has 0 saturated heterocycles. The average Bonchev–Trinajstić information content (AvgIpc) is 2.78. The summed E-state index contributed by atoms with van der Waals surface area (Å²) >= 11 is 2.15. The van der Waals surface area contributed by atoms with Gasteiger partial charge in [-0.15, -0.1) is 0 Å². The highest BCUT2D eigenvalue weighted by Gasteiger charge is 2.27. The van der Waals surface area contributed by atoms with Crippen LogP contribution in [-0.2, 0) is 14.8 Å². The Hall–Kier alpha value is -2.59. The number of nitrogens with one attached hydrogen (secondary N) is 1. The van der Waals surface area contributed by atoms with Crippen molar-refractivity contribution in [2.24, 2.45) is 0 Å². The number of nitrogens with zero attached hydrogens (tertiary/aromatic N) is 1. The van der Waals surface area contributed by atoms with E-state index in [1.165, 1.54) is 12.1 Å². The van der Waals surface area contributed by atoms with Crippen LogP contribution in [0.15, 0.2) is 83.8 Å². The van der Waals surface area contributed by atoms with Crippen molar-refractivity contribution in [1.82, 2.24) is 5.32 Å². The van der Waals surface area contributed by atoms with E-state index in [9.17, 15) is 13.2 Å². The number of methoxy groups -OCH3 is 1. The lowest BCUT2D eigenvalue weighted by molar-refractivity contribution is -0.120. The minimum absolute atomic E-state index is 0.124. The molecule has 8 heteroatoms. The Balaban J connectivity index is 1.88. The van der Waals surface area contributed by atoms with Gasteiger partial charge in [-0.05, 0) is 72.0 Å². The zero-order chi connectivity index (χ0) is 22.4. The summed E-state index contributed by atoms with van der Waals surface area (Å²) in [6.07, 6.45) is 0. The molecule has 31 heavy (non-hydrogen) atoms. The van der Waals surface area contributed by atoms with Gasteiger partial charge in [-0.3, -0.25) is 9.10 Å². The second-order valence-corrected chi connectivity index (χ2v) is 9.94. The van der Waals surface area contributed by atoms with Crippen LogP contribution < -0.4 is 14.4 Å². The van der Waals surface area contributed by atoms with Crippen LogP contribution in [0.4, 0.5) is 5.69 Å². The largest absolute Gasteiger partial charge is 0.496 e. The number of amides is 1. The maximum atomic E-state index is 13.3. The fourth-order valence-electron chi connectivity index (χ4n) is 3.16. The number of halogens is 1. The lowest BCUT2D eigenvalue weighted by Crippen LogP contribution is -2.41. The van der Waals surface area contributed by atoms with Gasteiger partial charge in [0.2, 0.25) is 5.91 Å². The number of sulfonamides is 1. The molecule has 1 N–H and O–H groups in total. The van der Waals surface area contributed by atoms with Crippen LogP contribution in [0.25, 0.3) is 0 Å². The minimum Gasteiger partial charge on any atom is -0.496 e. The standard InChI is InChI=1S/C23H23IN2O4S/c1-17(21-10-6-7-11-22(21)30-2)25-23(27)16-26(19-14-12-18(24)13-15-19)31(28,29)20-8-4-3-5-9-20/h3-15,17H,16H2,1-2H3,(H,25,27)/t17-/m0/s1. The second-order valence-electron chi connectivity index (χ2n) is 6.83. The summed E-state index contributed by atoms with van der Waals surface area (Å²) in [7, 11) is -2.36. The van der Waals surface area contributed by atoms with E-state index in [-0.39, 0.29) is 17.5 Å². The van der Waals surface area contributed by atoms with Crippen molar-refractivity contribution in [3.8, 4) is 5.75 Å². The normalized spacial score (nSPS) is 12.1. The van der Waals surface area contributed by atoms with E-state index >= 15 is 0 Å². The van der Waals surface area contributed by atoms with Gasteiger partial charge in [0.15, 0.2) is 0 Å². The number of ether oxygens (including phenoxy) is 1. The van der Waals surface area contributed by atoms with Crippen LogP contribution in [0.2, 0.25) is 0 Å². The van der Waals surface area contributed by atoms with E-state index in [1.807, 2.05) is 31.2 Å². The van der Waals surface area contributed by atoms with Gasteiger partial charge in [0, 0.05) is 9.13 Å². The first-order valence-corrected chi connectivity index (χ1v) is 12.1. The highest BCUT2D eigenvalue weighted by Crippen LogP contribution is 2.26. The Bertz CT molecular complexity index is 1140. The number of rotatable bonds is 8. The third-order valence-corrected chi connectivity index (χ3v) is 7.22. The summed E-state index contributed by atoms with van der Waals surface area (Å²) < 4.78 is 34.1. The van der Waals surface area contributed by atoms with E-state index in [2.05, 4.69) is 27.9 Å². The molecule has 1 atom stereocenters. The smallest absolute Gasteiger partial charge is 0.264 e. The molecular weight excluding hydrogens is 527 g/mol. The monoisotopic (exact) mass is 550 g/mol. The van der Waals surface area contributed by atoms with Crippen LogP contribution in [-0.4, -0.2) is 28.0 Å². The highest BCUT2D eigenvalue weighted by molar-refractivity contribution is 14.1. The Morgan fingerprint density at radius 3 is 2.26 bits per heavy atom. The lowest BCUT2D eigenvalue weighted by atomic mass is 10.1. The maximum absolute atomic E-state index is 13.3. The number of para-hydroxylation sites is 1. The highest BCUT2D eigenvalue weighted by atomic mass is 127. The Morgan fingerprint density at radius 1 is 1.00 bits per heavy atom. The molecule has 0 aromatic heterocycles. The maximum Gasteiger partial charge on any atom is 0.264 e. The third-order valence-electron chi connectivity index (χ3n) is 4.72. The third kappa shape index (κ3) is 5.56. The topological polar surface area (TPSA) is 75.7 Å². The van der Waals surface area contributed by atoms with Gasteiger partial charge in [-0.1, -0.05) is 36.4 Å². The molecule has 0 aliphatic carbocycles. The van der Waals surface area contributed by atoms with Crippen molar-refractivity contribution in [2.75, 3.05) is 18.0 Å². The van der Waals surface area contributed by atoms with Crippen LogP contribution in [0.5, 0.6) is 5.75 Å². The molecule has 0 radical (unpaired) electrons. The molecule has 1 amide bonds. The number of hydrogen-bond donors (Lipinski definition) is 1. The Morgan fingerprint density at radius 2 is 1.61 bits per heavy atom. The van der Waals surface area contributed by atoms with Gasteiger partial charge >= 0.3 is 0 Å². The molecule has 0 heterocycles. The lowest BCUT2D eigenvalue weighted by Gasteiger charge is -2.25. The Kier molecular flexibility index (Phi) is 7.55. The molecule has 0 bridgehead atoms. The van der Waals surface area contributed by atoms with Gasteiger partial charge in [0.1, 0.15) is 12.3 Å². The van der Waals surface area contributed by atoms with E-state index in [4.69, 9.17) is 4.74 Å². The summed E-state index contributed by atoms with van der Waals surface area (Å²) in [5, 5.41) is 2.88. The molecule has 0 spiro atoms. The van der Waals surface area contributed by atoms with Crippen LogP contribution in [0, 0.1) is 3.57 Å². The summed E-state index contributed by atoms with van der Waals surface area (Å²) in [6, 6.07) is 22.1. The number of anilines is 1. The molecule has 162 valence electrons. The van der Waals surface area contributed by atoms with Gasteiger partial charge < -0.3 is 10.1 Å². The van der Waals surface area contributed by atoms with Gasteiger partial charge in [0.05, 0.1) is 23.7 Å². The second kappa shape index (κ2) is 10.1. The number of carbonyl (C=O) groups excluding carboxylic acids is 1. The average molecular weight is 550 g/mol. The zero-order valence-corrected chi connectivity index (χ0v) is 20.1. The summed E-state index contributed by atoms with van der Waals surface area (Å²) in [5.74, 6) is 0.234. The summed E-state index contributed by atoms with van der Waals surface area (Å²) in [5.41, 5.74) is 1.23. The van der Waals surface area contributed by atoms with Gasteiger partial charge in [-0.25, -0.2) is 8.42 Å². The zero-order valence-electron chi connectivity index (χ0n) is 17.2. The summed E-state index contributed by atoms with van der Waals surface area (Å²) in [4.78, 5) is 13.0. The molecule has 0 unspecified atom stereocenters. The fourth-order valence-corrected chi connectivity index (χ4v) is 4.96. The van der Waals surface area contributed by atoms with E-state index in [0.717, 1.165) is 13.4 Å². The molecule has 0 aliphatic heterocycles. The molecule has 3 aromatic carbocycles. The first-order valence-electron chi connectivity index (χ1n) is 9.58. The molecule has 6 nitrogen and oxygen atoms in total. The van der Waals surface area contributed by atoms with Crippen molar-refractivity contribution < 1.29 is 17.9 Å². The van der Waals surface area contributed by atoms with Crippen molar-refractivity contribution in [3.63, 3.8) is 0 Å². The fraction of sp³-hybridized carbons (Fsp3) is 0.174. The molecule has 0 fully saturated rings. The first kappa shape index (κ1) is 23.1. The SMILES string of the molecule is COc1ccccc1[C@H](C)NC(=O)CN(c1ccc(I)cc1)S(=O)(=O)c1ccccc1. The van der Waals surface area contributed by atoms with Crippen molar-refractivity contribution in [1.29, 1.82) is 0 Å². The van der Waals surface area contributed by atoms with Crippen LogP contribution >= 0.6 is 22.6 Å². The van der Waals surface area contributed by atoms with E-state index in [0.29, 0.717) is 11.4 Å². The summed E-state index contributed by atoms with van der Waals surface area (Å²) in [6.45, 7) is 1.48. The predicted molar refractivity (Wildman–Crippen MR) is 130 cm³/mol. The van der Waals surface area contributed by atoms with Crippen molar-refractivity contribution in [2.45, 2.75) is 17.9 Å². The number of benzene rings is 3. The number of carbonyl (C=O) groups is 1. The van der Waals surface area contributed by atoms with Crippen molar-refractivity contribution in [3.05, 3.63) is 88.0 Å². The minimum atomic E-state index is -3.93. The number of hydrogen-bond acceptors (Lipinski definition) is 4. The van der Waals surface area contributed by atoms with E-state index in [1.54, 1.807) is 49.6 Å². The van der Waals surface area contributed by atoms with Crippen molar-refractivity contribution >= 4 is 44.2 Å². The molecule has 3 rings (SSSR count). The predicted octanol–water partition coefficient (Wildman–Crippen LogP) is 4.37. The molecule has 0 aliphatic rings. The molecular formula is C23H23IN2O4S. The van der Waals surface area contributed by atoms with Crippen LogP contribution in [0.1, 0.15) is 18.5 Å². The Labute approximate surface area is 196 Å². The van der Waals surface area contributed by atoms with E-state index < -0.39 is 15.9 Å². The first-order chi connectivity index (χ1) is 14.8.